The van der Waals surface area contributed by atoms with Gasteiger partial charge in [0.15, 0.2) is 0 Å². The zero-order chi connectivity index (χ0) is 13.3. The minimum absolute atomic E-state index is 0.478. The maximum absolute atomic E-state index is 11.3. The number of hydrogen-bond acceptors (Lipinski definition) is 4. The average Bonchev–Trinajstić information content (AvgIpc) is 2.27. The van der Waals surface area contributed by atoms with Crippen molar-refractivity contribution in [2.45, 2.75) is 13.8 Å². The van der Waals surface area contributed by atoms with Crippen molar-refractivity contribution in [3.8, 4) is 11.3 Å². The first-order chi connectivity index (χ1) is 8.47. The summed E-state index contributed by atoms with van der Waals surface area (Å²) >= 11 is 0. The SMILES string of the molecule is Cc1cc(C)nc(-c2c[nH]c(=O)c([N+](=O)[O-])c2)c1. The van der Waals surface area contributed by atoms with Crippen molar-refractivity contribution in [1.82, 2.24) is 9.97 Å². The highest BCUT2D eigenvalue weighted by Gasteiger charge is 2.14. The van der Waals surface area contributed by atoms with Crippen LogP contribution >= 0.6 is 0 Å². The molecule has 0 unspecified atom stereocenters. The van der Waals surface area contributed by atoms with Gasteiger partial charge < -0.3 is 4.98 Å². The zero-order valence-electron chi connectivity index (χ0n) is 9.93. The smallest absolute Gasteiger partial charge is 0.323 e. The summed E-state index contributed by atoms with van der Waals surface area (Å²) in [6.07, 6.45) is 1.43. The molecule has 0 aliphatic rings. The second-order valence-electron chi connectivity index (χ2n) is 4.03. The fourth-order valence-electron chi connectivity index (χ4n) is 1.74. The van der Waals surface area contributed by atoms with Crippen molar-refractivity contribution in [1.29, 1.82) is 0 Å². The predicted octanol–water partition coefficient (Wildman–Crippen LogP) is 1.96. The predicted molar refractivity (Wildman–Crippen MR) is 66.4 cm³/mol. The molecule has 2 aromatic heterocycles. The summed E-state index contributed by atoms with van der Waals surface area (Å²) in [6, 6.07) is 4.95. The lowest BCUT2D eigenvalue weighted by Gasteiger charge is -2.03. The van der Waals surface area contributed by atoms with E-state index < -0.39 is 16.2 Å². The fraction of sp³-hybridized carbons (Fsp3) is 0.167. The Balaban J connectivity index is 2.61. The monoisotopic (exact) mass is 245 g/mol. The summed E-state index contributed by atoms with van der Waals surface area (Å²) in [5, 5.41) is 10.7. The van der Waals surface area contributed by atoms with E-state index in [0.29, 0.717) is 11.3 Å². The van der Waals surface area contributed by atoms with Crippen LogP contribution in [0.15, 0.2) is 29.2 Å². The molecule has 6 heteroatoms. The van der Waals surface area contributed by atoms with Gasteiger partial charge in [-0.15, -0.1) is 0 Å². The van der Waals surface area contributed by atoms with Gasteiger partial charge in [-0.2, -0.15) is 0 Å². The van der Waals surface area contributed by atoms with Gasteiger partial charge in [0.2, 0.25) is 0 Å². The van der Waals surface area contributed by atoms with Crippen molar-refractivity contribution >= 4 is 5.69 Å². The van der Waals surface area contributed by atoms with E-state index in [9.17, 15) is 14.9 Å². The molecular formula is C12H11N3O3. The van der Waals surface area contributed by atoms with Crippen LogP contribution in [-0.2, 0) is 0 Å². The Morgan fingerprint density at radius 1 is 1.28 bits per heavy atom. The third kappa shape index (κ3) is 2.27. The molecule has 1 N–H and O–H groups in total. The van der Waals surface area contributed by atoms with Gasteiger partial charge in [0.25, 0.3) is 0 Å². The molecule has 0 saturated carbocycles. The number of hydrogen-bond donors (Lipinski definition) is 1. The van der Waals surface area contributed by atoms with Gasteiger partial charge in [0, 0.05) is 23.5 Å². The van der Waals surface area contributed by atoms with Gasteiger partial charge in [0.1, 0.15) is 0 Å². The highest BCUT2D eigenvalue weighted by molar-refractivity contribution is 5.61. The summed E-state index contributed by atoms with van der Waals surface area (Å²) in [6.45, 7) is 3.76. The van der Waals surface area contributed by atoms with E-state index >= 15 is 0 Å². The molecule has 92 valence electrons. The van der Waals surface area contributed by atoms with E-state index in [-0.39, 0.29) is 0 Å². The zero-order valence-corrected chi connectivity index (χ0v) is 9.93. The van der Waals surface area contributed by atoms with Gasteiger partial charge in [-0.25, -0.2) is 0 Å². The Hall–Kier alpha value is -2.50. The van der Waals surface area contributed by atoms with Crippen LogP contribution in [0.5, 0.6) is 0 Å². The molecule has 0 fully saturated rings. The Bertz CT molecular complexity index is 656. The summed E-state index contributed by atoms with van der Waals surface area (Å²) in [7, 11) is 0. The standard InChI is InChI=1S/C12H11N3O3/c1-7-3-8(2)14-10(4-7)9-5-11(15(17)18)12(16)13-6-9/h3-6H,1-2H3,(H,13,16). The van der Waals surface area contributed by atoms with E-state index in [2.05, 4.69) is 9.97 Å². The van der Waals surface area contributed by atoms with Crippen molar-refractivity contribution in [3.05, 3.63) is 56.1 Å². The lowest BCUT2D eigenvalue weighted by atomic mass is 10.1. The molecule has 0 saturated heterocycles. The largest absolute Gasteiger partial charge is 0.334 e. The van der Waals surface area contributed by atoms with Crippen LogP contribution in [0.25, 0.3) is 11.3 Å². The van der Waals surface area contributed by atoms with Crippen molar-refractivity contribution < 1.29 is 4.92 Å². The van der Waals surface area contributed by atoms with Crippen molar-refractivity contribution in [2.75, 3.05) is 0 Å². The molecule has 18 heavy (non-hydrogen) atoms. The van der Waals surface area contributed by atoms with Gasteiger partial charge in [-0.05, 0) is 31.5 Å². The molecule has 0 atom stereocenters. The molecule has 0 amide bonds. The van der Waals surface area contributed by atoms with E-state index in [1.165, 1.54) is 12.3 Å². The van der Waals surface area contributed by atoms with Crippen LogP contribution in [-0.4, -0.2) is 14.9 Å². The molecule has 0 aliphatic carbocycles. The normalized spacial score (nSPS) is 10.3. The third-order valence-electron chi connectivity index (χ3n) is 2.47. The van der Waals surface area contributed by atoms with Gasteiger partial charge in [0.05, 0.1) is 10.6 Å². The molecule has 6 nitrogen and oxygen atoms in total. The van der Waals surface area contributed by atoms with E-state index in [1.54, 1.807) is 0 Å². The van der Waals surface area contributed by atoms with Gasteiger partial charge in [-0.1, -0.05) is 0 Å². The quantitative estimate of drug-likeness (QED) is 0.647. The van der Waals surface area contributed by atoms with Crippen molar-refractivity contribution in [2.24, 2.45) is 0 Å². The Labute approximate surface area is 102 Å². The first-order valence-electron chi connectivity index (χ1n) is 5.30. The average molecular weight is 245 g/mol. The second kappa shape index (κ2) is 4.40. The highest BCUT2D eigenvalue weighted by Crippen LogP contribution is 2.20. The summed E-state index contributed by atoms with van der Waals surface area (Å²) in [4.78, 5) is 27.9. The van der Waals surface area contributed by atoms with Crippen LogP contribution in [0.3, 0.4) is 0 Å². The molecular weight excluding hydrogens is 234 g/mol. The third-order valence-corrected chi connectivity index (χ3v) is 2.47. The number of nitrogens with zero attached hydrogens (tertiary/aromatic N) is 2. The van der Waals surface area contributed by atoms with Crippen LogP contribution in [0.2, 0.25) is 0 Å². The number of aryl methyl sites for hydroxylation is 2. The molecule has 2 heterocycles. The number of aromatic nitrogens is 2. The summed E-state index contributed by atoms with van der Waals surface area (Å²) in [5.41, 5.74) is 1.76. The first-order valence-corrected chi connectivity index (χ1v) is 5.30. The highest BCUT2D eigenvalue weighted by atomic mass is 16.6. The molecule has 2 aromatic rings. The lowest BCUT2D eigenvalue weighted by molar-refractivity contribution is -0.386. The van der Waals surface area contributed by atoms with Crippen LogP contribution in [0.1, 0.15) is 11.3 Å². The minimum atomic E-state index is -0.715. The van der Waals surface area contributed by atoms with Crippen molar-refractivity contribution in [3.63, 3.8) is 0 Å². The van der Waals surface area contributed by atoms with E-state index in [1.807, 2.05) is 26.0 Å². The molecule has 0 bridgehead atoms. The Morgan fingerprint density at radius 3 is 2.61 bits per heavy atom. The van der Waals surface area contributed by atoms with Gasteiger partial charge in [-0.3, -0.25) is 19.9 Å². The number of H-pyrrole nitrogens is 1. The fourth-order valence-corrected chi connectivity index (χ4v) is 1.74. The molecule has 0 aliphatic heterocycles. The van der Waals surface area contributed by atoms with Crippen LogP contribution < -0.4 is 5.56 Å². The minimum Gasteiger partial charge on any atom is -0.323 e. The Kier molecular flexibility index (Phi) is 2.93. The Morgan fingerprint density at radius 2 is 2.00 bits per heavy atom. The van der Waals surface area contributed by atoms with Crippen LogP contribution in [0, 0.1) is 24.0 Å². The number of rotatable bonds is 2. The summed E-state index contributed by atoms with van der Waals surface area (Å²) < 4.78 is 0. The topological polar surface area (TPSA) is 88.9 Å². The molecule has 0 radical (unpaired) electrons. The second-order valence-corrected chi connectivity index (χ2v) is 4.03. The van der Waals surface area contributed by atoms with E-state index in [4.69, 9.17) is 0 Å². The number of pyridine rings is 2. The first kappa shape index (κ1) is 12.0. The number of nitrogens with one attached hydrogen (secondary N) is 1. The maximum Gasteiger partial charge on any atom is 0.334 e. The molecule has 2 rings (SSSR count). The molecule has 0 spiro atoms. The number of aromatic amines is 1. The van der Waals surface area contributed by atoms with Gasteiger partial charge >= 0.3 is 11.2 Å². The summed E-state index contributed by atoms with van der Waals surface area (Å²) in [5.74, 6) is 0. The maximum atomic E-state index is 11.3. The van der Waals surface area contributed by atoms with Crippen LogP contribution in [0.4, 0.5) is 5.69 Å². The lowest BCUT2D eigenvalue weighted by Crippen LogP contribution is -2.10. The molecule has 0 aromatic carbocycles. The number of nitro groups is 1. The van der Waals surface area contributed by atoms with E-state index in [0.717, 1.165) is 11.3 Å².